The third kappa shape index (κ3) is 3.58. The Balaban J connectivity index is 1.79. The molecule has 0 saturated heterocycles. The van der Waals surface area contributed by atoms with E-state index in [9.17, 15) is 4.79 Å². The number of likely N-dealkylation sites (N-methyl/N-ethyl adjacent to an activating group) is 1. The number of para-hydroxylation sites is 1. The van der Waals surface area contributed by atoms with E-state index in [0.717, 1.165) is 12.2 Å². The Bertz CT molecular complexity index is 537. The van der Waals surface area contributed by atoms with Crippen molar-refractivity contribution in [2.24, 2.45) is 0 Å². The van der Waals surface area contributed by atoms with E-state index in [1.807, 2.05) is 37.4 Å². The van der Waals surface area contributed by atoms with E-state index in [0.29, 0.717) is 18.0 Å². The van der Waals surface area contributed by atoms with Crippen LogP contribution in [0.15, 0.2) is 40.9 Å². The molecule has 0 aliphatic heterocycles. The maximum atomic E-state index is 11.7. The average molecular weight is 259 g/mol. The average Bonchev–Trinajstić information content (AvgIpc) is 2.86. The third-order valence-corrected chi connectivity index (χ3v) is 2.79. The van der Waals surface area contributed by atoms with Gasteiger partial charge in [0.25, 0.3) is 5.91 Å². The molecule has 1 heterocycles. The number of aryl methyl sites for hydroxylation is 1. The fourth-order valence-electron chi connectivity index (χ4n) is 1.71. The third-order valence-electron chi connectivity index (χ3n) is 2.79. The number of aromatic nitrogens is 1. The number of benzene rings is 1. The second-order valence-corrected chi connectivity index (χ2v) is 4.34. The zero-order valence-electron chi connectivity index (χ0n) is 11.1. The molecule has 2 rings (SSSR count). The van der Waals surface area contributed by atoms with Crippen LogP contribution in [-0.4, -0.2) is 31.2 Å². The number of carbonyl (C=O) groups excluding carboxylic acids is 1. The van der Waals surface area contributed by atoms with Crippen molar-refractivity contribution in [1.29, 1.82) is 0 Å². The van der Waals surface area contributed by atoms with Gasteiger partial charge in [-0.25, -0.2) is 0 Å². The van der Waals surface area contributed by atoms with Crippen LogP contribution in [0.25, 0.3) is 0 Å². The normalized spacial score (nSPS) is 10.2. The molecular formula is C14H17N3O2. The summed E-state index contributed by atoms with van der Waals surface area (Å²) < 4.78 is 4.86. The molecule has 0 aliphatic rings. The van der Waals surface area contributed by atoms with Crippen LogP contribution in [0.4, 0.5) is 5.69 Å². The summed E-state index contributed by atoms with van der Waals surface area (Å²) >= 11 is 0. The molecule has 0 spiro atoms. The lowest BCUT2D eigenvalue weighted by Gasteiger charge is -2.19. The Morgan fingerprint density at radius 1 is 1.37 bits per heavy atom. The van der Waals surface area contributed by atoms with Crippen LogP contribution in [0.1, 0.15) is 16.2 Å². The van der Waals surface area contributed by atoms with Crippen molar-refractivity contribution in [3.8, 4) is 0 Å². The Labute approximate surface area is 112 Å². The SMILES string of the molecule is Cc1cc(C(=O)NCCN(C)c2ccccc2)no1. The first-order valence-corrected chi connectivity index (χ1v) is 6.14. The molecule has 0 unspecified atom stereocenters. The number of hydrogen-bond acceptors (Lipinski definition) is 4. The summed E-state index contributed by atoms with van der Waals surface area (Å²) in [5.41, 5.74) is 1.44. The molecule has 0 saturated carbocycles. The smallest absolute Gasteiger partial charge is 0.273 e. The van der Waals surface area contributed by atoms with Gasteiger partial charge in [-0.3, -0.25) is 4.79 Å². The number of anilines is 1. The molecule has 0 radical (unpaired) electrons. The molecule has 0 atom stereocenters. The standard InChI is InChI=1S/C14H17N3O2/c1-11-10-13(16-19-11)14(18)15-8-9-17(2)12-6-4-3-5-7-12/h3-7,10H,8-9H2,1-2H3,(H,15,18). The zero-order chi connectivity index (χ0) is 13.7. The van der Waals surface area contributed by atoms with Gasteiger partial charge in [0.1, 0.15) is 5.76 Å². The van der Waals surface area contributed by atoms with Crippen LogP contribution in [0.2, 0.25) is 0 Å². The van der Waals surface area contributed by atoms with Gasteiger partial charge < -0.3 is 14.7 Å². The van der Waals surface area contributed by atoms with E-state index in [1.54, 1.807) is 13.0 Å². The molecule has 19 heavy (non-hydrogen) atoms. The minimum atomic E-state index is -0.210. The molecule has 0 aliphatic carbocycles. The van der Waals surface area contributed by atoms with Crippen molar-refractivity contribution in [2.75, 3.05) is 25.0 Å². The maximum Gasteiger partial charge on any atom is 0.273 e. The summed E-state index contributed by atoms with van der Waals surface area (Å²) in [6.07, 6.45) is 0. The Morgan fingerprint density at radius 3 is 2.74 bits per heavy atom. The highest BCUT2D eigenvalue weighted by Crippen LogP contribution is 2.09. The van der Waals surface area contributed by atoms with Crippen LogP contribution in [0.3, 0.4) is 0 Å². The van der Waals surface area contributed by atoms with Gasteiger partial charge in [0.2, 0.25) is 0 Å². The Hall–Kier alpha value is -2.30. The molecule has 0 bridgehead atoms. The van der Waals surface area contributed by atoms with Gasteiger partial charge in [0, 0.05) is 31.9 Å². The van der Waals surface area contributed by atoms with E-state index in [1.165, 1.54) is 0 Å². The van der Waals surface area contributed by atoms with Crippen molar-refractivity contribution in [3.63, 3.8) is 0 Å². The number of nitrogens with zero attached hydrogens (tertiary/aromatic N) is 2. The zero-order valence-corrected chi connectivity index (χ0v) is 11.1. The number of amides is 1. The fourth-order valence-corrected chi connectivity index (χ4v) is 1.71. The van der Waals surface area contributed by atoms with Crippen molar-refractivity contribution in [1.82, 2.24) is 10.5 Å². The first-order valence-electron chi connectivity index (χ1n) is 6.14. The molecule has 1 amide bonds. The highest BCUT2D eigenvalue weighted by Gasteiger charge is 2.10. The number of rotatable bonds is 5. The molecule has 1 N–H and O–H groups in total. The molecule has 5 nitrogen and oxygen atoms in total. The Kier molecular flexibility index (Phi) is 4.18. The Morgan fingerprint density at radius 2 is 2.11 bits per heavy atom. The molecule has 1 aromatic heterocycles. The summed E-state index contributed by atoms with van der Waals surface area (Å²) in [6.45, 7) is 3.04. The first-order chi connectivity index (χ1) is 9.16. The minimum absolute atomic E-state index is 0.210. The predicted octanol–water partition coefficient (Wildman–Crippen LogP) is 1.85. The highest BCUT2D eigenvalue weighted by atomic mass is 16.5. The van der Waals surface area contributed by atoms with Crippen LogP contribution >= 0.6 is 0 Å². The van der Waals surface area contributed by atoms with Crippen molar-refractivity contribution in [3.05, 3.63) is 47.9 Å². The van der Waals surface area contributed by atoms with Gasteiger partial charge in [-0.05, 0) is 19.1 Å². The van der Waals surface area contributed by atoms with E-state index >= 15 is 0 Å². The van der Waals surface area contributed by atoms with Gasteiger partial charge in [0.15, 0.2) is 5.69 Å². The minimum Gasteiger partial charge on any atom is -0.373 e. The predicted molar refractivity (Wildman–Crippen MR) is 73.3 cm³/mol. The van der Waals surface area contributed by atoms with E-state index in [-0.39, 0.29) is 5.91 Å². The second-order valence-electron chi connectivity index (χ2n) is 4.34. The van der Waals surface area contributed by atoms with Gasteiger partial charge in [-0.1, -0.05) is 23.4 Å². The first kappa shape index (κ1) is 13.1. The number of nitrogens with one attached hydrogen (secondary N) is 1. The molecule has 2 aromatic rings. The summed E-state index contributed by atoms with van der Waals surface area (Å²) in [4.78, 5) is 13.8. The summed E-state index contributed by atoms with van der Waals surface area (Å²) in [5.74, 6) is 0.421. The largest absolute Gasteiger partial charge is 0.373 e. The molecular weight excluding hydrogens is 242 g/mol. The summed E-state index contributed by atoms with van der Waals surface area (Å²) in [6, 6.07) is 11.6. The number of hydrogen-bond donors (Lipinski definition) is 1. The lowest BCUT2D eigenvalue weighted by Crippen LogP contribution is -2.33. The lowest BCUT2D eigenvalue weighted by atomic mass is 10.3. The van der Waals surface area contributed by atoms with Crippen LogP contribution in [0.5, 0.6) is 0 Å². The molecule has 100 valence electrons. The van der Waals surface area contributed by atoms with Crippen LogP contribution in [0, 0.1) is 6.92 Å². The maximum absolute atomic E-state index is 11.7. The quantitative estimate of drug-likeness (QED) is 0.890. The van der Waals surface area contributed by atoms with Gasteiger partial charge in [-0.15, -0.1) is 0 Å². The lowest BCUT2D eigenvalue weighted by molar-refractivity contribution is 0.0945. The van der Waals surface area contributed by atoms with E-state index in [2.05, 4.69) is 15.4 Å². The molecule has 0 fully saturated rings. The van der Waals surface area contributed by atoms with Gasteiger partial charge in [0.05, 0.1) is 0 Å². The summed E-state index contributed by atoms with van der Waals surface area (Å²) in [5, 5.41) is 6.48. The topological polar surface area (TPSA) is 58.4 Å². The van der Waals surface area contributed by atoms with Crippen molar-refractivity contribution >= 4 is 11.6 Å². The van der Waals surface area contributed by atoms with Crippen LogP contribution < -0.4 is 10.2 Å². The molecule has 5 heteroatoms. The second kappa shape index (κ2) is 6.04. The monoisotopic (exact) mass is 259 g/mol. The fraction of sp³-hybridized carbons (Fsp3) is 0.286. The van der Waals surface area contributed by atoms with E-state index in [4.69, 9.17) is 4.52 Å². The van der Waals surface area contributed by atoms with Crippen LogP contribution in [-0.2, 0) is 0 Å². The summed E-state index contributed by atoms with van der Waals surface area (Å²) in [7, 11) is 1.99. The number of carbonyl (C=O) groups is 1. The molecule has 1 aromatic carbocycles. The van der Waals surface area contributed by atoms with Crippen molar-refractivity contribution in [2.45, 2.75) is 6.92 Å². The van der Waals surface area contributed by atoms with E-state index < -0.39 is 0 Å². The van der Waals surface area contributed by atoms with Crippen molar-refractivity contribution < 1.29 is 9.32 Å². The van der Waals surface area contributed by atoms with Gasteiger partial charge in [-0.2, -0.15) is 0 Å². The highest BCUT2D eigenvalue weighted by molar-refractivity contribution is 5.92. The van der Waals surface area contributed by atoms with Gasteiger partial charge >= 0.3 is 0 Å².